The summed E-state index contributed by atoms with van der Waals surface area (Å²) in [7, 11) is 1.48. The summed E-state index contributed by atoms with van der Waals surface area (Å²) in [6, 6.07) is 5.78. The number of carbonyl (C=O) groups is 3. The molecule has 7 heteroatoms. The molecule has 1 aliphatic carbocycles. The number of benzene rings is 1. The average molecular weight is 362 g/mol. The molecular formula is C19H26N2O5. The van der Waals surface area contributed by atoms with Crippen molar-refractivity contribution in [1.82, 2.24) is 10.6 Å². The lowest BCUT2D eigenvalue weighted by atomic mass is 10.1. The van der Waals surface area contributed by atoms with Crippen LogP contribution in [-0.4, -0.2) is 42.6 Å². The van der Waals surface area contributed by atoms with Crippen LogP contribution in [-0.2, 0) is 20.9 Å². The van der Waals surface area contributed by atoms with Crippen LogP contribution >= 0.6 is 0 Å². The van der Waals surface area contributed by atoms with Crippen molar-refractivity contribution in [3.8, 4) is 0 Å². The molecule has 7 nitrogen and oxygen atoms in total. The van der Waals surface area contributed by atoms with E-state index in [9.17, 15) is 14.4 Å². The number of methoxy groups -OCH3 is 1. The highest BCUT2D eigenvalue weighted by atomic mass is 16.5. The van der Waals surface area contributed by atoms with Crippen molar-refractivity contribution in [3.63, 3.8) is 0 Å². The minimum absolute atomic E-state index is 0.0896. The van der Waals surface area contributed by atoms with Gasteiger partial charge in [0.25, 0.3) is 5.91 Å². The molecule has 0 saturated heterocycles. The zero-order chi connectivity index (χ0) is 18.9. The molecule has 1 aromatic rings. The summed E-state index contributed by atoms with van der Waals surface area (Å²) in [6.45, 7) is 0.666. The Morgan fingerprint density at radius 1 is 1.19 bits per heavy atom. The van der Waals surface area contributed by atoms with Crippen molar-refractivity contribution in [3.05, 3.63) is 35.4 Å². The number of carboxylic acids is 1. The smallest absolute Gasteiger partial charge is 0.326 e. The van der Waals surface area contributed by atoms with Gasteiger partial charge in [-0.25, -0.2) is 4.79 Å². The largest absolute Gasteiger partial charge is 0.480 e. The van der Waals surface area contributed by atoms with Crippen molar-refractivity contribution in [2.45, 2.75) is 44.7 Å². The Hall–Kier alpha value is -2.41. The van der Waals surface area contributed by atoms with E-state index in [4.69, 9.17) is 9.84 Å². The van der Waals surface area contributed by atoms with Gasteiger partial charge in [-0.3, -0.25) is 9.59 Å². The number of hydrogen-bond donors (Lipinski definition) is 3. The highest BCUT2D eigenvalue weighted by Gasteiger charge is 2.22. The van der Waals surface area contributed by atoms with Gasteiger partial charge in [0.15, 0.2) is 0 Å². The maximum atomic E-state index is 12.2. The summed E-state index contributed by atoms with van der Waals surface area (Å²) in [6.07, 6.45) is 4.34. The second-order valence-corrected chi connectivity index (χ2v) is 6.54. The maximum absolute atomic E-state index is 12.2. The zero-order valence-corrected chi connectivity index (χ0v) is 15.0. The van der Waals surface area contributed by atoms with E-state index in [0.29, 0.717) is 12.1 Å². The summed E-state index contributed by atoms with van der Waals surface area (Å²) in [5, 5.41) is 14.6. The third-order valence-corrected chi connectivity index (χ3v) is 4.62. The number of ether oxygens (including phenoxy) is 1. The van der Waals surface area contributed by atoms with Gasteiger partial charge in [0.1, 0.15) is 6.04 Å². The number of amides is 2. The first-order chi connectivity index (χ1) is 12.5. The molecule has 1 fully saturated rings. The van der Waals surface area contributed by atoms with E-state index in [1.807, 2.05) is 0 Å². The summed E-state index contributed by atoms with van der Waals surface area (Å²) >= 11 is 0. The zero-order valence-electron chi connectivity index (χ0n) is 15.0. The van der Waals surface area contributed by atoms with E-state index < -0.39 is 17.9 Å². The Morgan fingerprint density at radius 3 is 2.42 bits per heavy atom. The Labute approximate surface area is 153 Å². The van der Waals surface area contributed by atoms with Gasteiger partial charge < -0.3 is 20.5 Å². The maximum Gasteiger partial charge on any atom is 0.326 e. The molecule has 0 bridgehead atoms. The summed E-state index contributed by atoms with van der Waals surface area (Å²) < 4.78 is 4.86. The van der Waals surface area contributed by atoms with Crippen LogP contribution in [0, 0.1) is 5.92 Å². The lowest BCUT2D eigenvalue weighted by Gasteiger charge is -2.14. The molecular weight excluding hydrogens is 336 g/mol. The first-order valence-electron chi connectivity index (χ1n) is 8.90. The third kappa shape index (κ3) is 5.84. The van der Waals surface area contributed by atoms with E-state index in [2.05, 4.69) is 10.6 Å². The standard InChI is InChI=1S/C19H26N2O5/c1-26-11-10-16(19(24)25)21-18(23)15-8-6-13(7-9-15)12-20-17(22)14-4-2-3-5-14/h6-9,14,16H,2-5,10-12H2,1H3,(H,20,22)(H,21,23)(H,24,25). The van der Waals surface area contributed by atoms with E-state index in [1.165, 1.54) is 7.11 Å². The monoisotopic (exact) mass is 362 g/mol. The van der Waals surface area contributed by atoms with Crippen molar-refractivity contribution < 1.29 is 24.2 Å². The number of carboxylic acid groups (broad SMARTS) is 1. The van der Waals surface area contributed by atoms with Crippen molar-refractivity contribution >= 4 is 17.8 Å². The highest BCUT2D eigenvalue weighted by molar-refractivity contribution is 5.96. The van der Waals surface area contributed by atoms with Gasteiger partial charge in [0.05, 0.1) is 0 Å². The minimum Gasteiger partial charge on any atom is -0.480 e. The van der Waals surface area contributed by atoms with Crippen LogP contribution in [0.1, 0.15) is 48.0 Å². The van der Waals surface area contributed by atoms with Crippen LogP contribution in [0.2, 0.25) is 0 Å². The molecule has 1 saturated carbocycles. The van der Waals surface area contributed by atoms with Crippen LogP contribution in [0.5, 0.6) is 0 Å². The fourth-order valence-corrected chi connectivity index (χ4v) is 3.03. The lowest BCUT2D eigenvalue weighted by molar-refractivity contribution is -0.139. The fraction of sp³-hybridized carbons (Fsp3) is 0.526. The Kier molecular flexibility index (Phi) is 7.59. The molecule has 1 aromatic carbocycles. The highest BCUT2D eigenvalue weighted by Crippen LogP contribution is 2.24. The molecule has 26 heavy (non-hydrogen) atoms. The molecule has 1 atom stereocenters. The summed E-state index contributed by atoms with van der Waals surface area (Å²) in [5.41, 5.74) is 1.27. The third-order valence-electron chi connectivity index (χ3n) is 4.62. The molecule has 1 aliphatic rings. The molecule has 0 aliphatic heterocycles. The predicted molar refractivity (Wildman–Crippen MR) is 95.6 cm³/mol. The quantitative estimate of drug-likeness (QED) is 0.620. The molecule has 0 spiro atoms. The van der Waals surface area contributed by atoms with Gasteiger partial charge in [-0.2, -0.15) is 0 Å². The normalized spacial score (nSPS) is 15.4. The number of aliphatic carboxylic acids is 1. The summed E-state index contributed by atoms with van der Waals surface area (Å²) in [5.74, 6) is -1.33. The Balaban J connectivity index is 1.86. The van der Waals surface area contributed by atoms with Crippen LogP contribution < -0.4 is 10.6 Å². The van der Waals surface area contributed by atoms with E-state index in [0.717, 1.165) is 31.2 Å². The van der Waals surface area contributed by atoms with Gasteiger partial charge in [-0.05, 0) is 30.5 Å². The minimum atomic E-state index is -1.10. The van der Waals surface area contributed by atoms with Gasteiger partial charge >= 0.3 is 5.97 Å². The number of carbonyl (C=O) groups excluding carboxylic acids is 2. The molecule has 2 amide bonds. The average Bonchev–Trinajstić information content (AvgIpc) is 3.18. The van der Waals surface area contributed by atoms with Gasteiger partial charge in [0.2, 0.25) is 5.91 Å². The number of nitrogens with one attached hydrogen (secondary N) is 2. The SMILES string of the molecule is COCCC(NC(=O)c1ccc(CNC(=O)C2CCCC2)cc1)C(=O)O. The number of hydrogen-bond acceptors (Lipinski definition) is 4. The van der Waals surface area contributed by atoms with Crippen LogP contribution in [0.4, 0.5) is 0 Å². The van der Waals surface area contributed by atoms with E-state index in [1.54, 1.807) is 24.3 Å². The molecule has 142 valence electrons. The van der Waals surface area contributed by atoms with Gasteiger partial charge in [-0.15, -0.1) is 0 Å². The molecule has 1 unspecified atom stereocenters. The van der Waals surface area contributed by atoms with Gasteiger partial charge in [-0.1, -0.05) is 25.0 Å². The first-order valence-corrected chi connectivity index (χ1v) is 8.90. The topological polar surface area (TPSA) is 105 Å². The Bertz CT molecular complexity index is 623. The first kappa shape index (κ1) is 19.9. The lowest BCUT2D eigenvalue weighted by Crippen LogP contribution is -2.41. The van der Waals surface area contributed by atoms with Crippen LogP contribution in [0.15, 0.2) is 24.3 Å². The van der Waals surface area contributed by atoms with Crippen molar-refractivity contribution in [2.75, 3.05) is 13.7 Å². The summed E-state index contributed by atoms with van der Waals surface area (Å²) in [4.78, 5) is 35.4. The van der Waals surface area contributed by atoms with Crippen molar-refractivity contribution in [2.24, 2.45) is 5.92 Å². The molecule has 0 aromatic heterocycles. The van der Waals surface area contributed by atoms with Gasteiger partial charge in [0, 0.05) is 38.2 Å². The molecule has 3 N–H and O–H groups in total. The molecule has 2 rings (SSSR count). The molecule has 0 heterocycles. The van der Waals surface area contributed by atoms with E-state index >= 15 is 0 Å². The second kappa shape index (κ2) is 9.91. The van der Waals surface area contributed by atoms with Crippen molar-refractivity contribution in [1.29, 1.82) is 0 Å². The fourth-order valence-electron chi connectivity index (χ4n) is 3.03. The predicted octanol–water partition coefficient (Wildman–Crippen LogP) is 1.71. The molecule has 0 radical (unpaired) electrons. The second-order valence-electron chi connectivity index (χ2n) is 6.54. The van der Waals surface area contributed by atoms with Crippen LogP contribution in [0.25, 0.3) is 0 Å². The number of rotatable bonds is 9. The van der Waals surface area contributed by atoms with Crippen LogP contribution in [0.3, 0.4) is 0 Å². The Morgan fingerprint density at radius 2 is 1.85 bits per heavy atom. The van der Waals surface area contributed by atoms with E-state index in [-0.39, 0.29) is 24.9 Å².